The first-order valence-corrected chi connectivity index (χ1v) is 25.7. The van der Waals surface area contributed by atoms with Crippen molar-refractivity contribution >= 4 is 43.9 Å². The molecule has 0 saturated heterocycles. The van der Waals surface area contributed by atoms with Gasteiger partial charge in [-0.3, -0.25) is 0 Å². The molecule has 1 aromatic carbocycles. The summed E-state index contributed by atoms with van der Waals surface area (Å²) >= 11 is -6.13. The number of halogens is 4. The zero-order chi connectivity index (χ0) is 14.5. The quantitative estimate of drug-likeness (QED) is 0.266. The van der Waals surface area contributed by atoms with Crippen LogP contribution in [0.3, 0.4) is 0 Å². The second-order valence-corrected chi connectivity index (χ2v) is 35.0. The molecule has 0 atom stereocenters. The van der Waals surface area contributed by atoms with Crippen LogP contribution >= 0.6 is 0 Å². The van der Waals surface area contributed by atoms with Crippen LogP contribution in [-0.4, -0.2) is 36.8 Å². The van der Waals surface area contributed by atoms with E-state index in [0.29, 0.717) is 0 Å². The van der Waals surface area contributed by atoms with Crippen molar-refractivity contribution in [2.24, 2.45) is 0 Å². The number of rotatable bonds is 2. The summed E-state index contributed by atoms with van der Waals surface area (Å²) in [5.41, 5.74) is 0. The first-order chi connectivity index (χ1) is 7.89. The third-order valence-electron chi connectivity index (χ3n) is 2.77. The molecule has 102 valence electrons. The van der Waals surface area contributed by atoms with Crippen LogP contribution in [0.4, 0.5) is 17.6 Å². The van der Waals surface area contributed by atoms with E-state index >= 15 is 0 Å². The Hall–Kier alpha value is 0.537. The van der Waals surface area contributed by atoms with Gasteiger partial charge in [0.15, 0.2) is 0 Å². The van der Waals surface area contributed by atoms with Crippen molar-refractivity contribution in [3.63, 3.8) is 0 Å². The van der Waals surface area contributed by atoms with E-state index in [9.17, 15) is 17.6 Å². The molecule has 0 amide bonds. The minimum absolute atomic E-state index is 0.198. The fourth-order valence-corrected chi connectivity index (χ4v) is 25.7. The molecule has 0 radical (unpaired) electrons. The van der Waals surface area contributed by atoms with Crippen LogP contribution < -0.4 is 7.16 Å². The number of hydrogen-bond donors (Lipinski definition) is 0. The summed E-state index contributed by atoms with van der Waals surface area (Å²) in [4.78, 5) is 11.3. The molecule has 1 aromatic rings. The summed E-state index contributed by atoms with van der Waals surface area (Å²) in [6, 6.07) is 0. The van der Waals surface area contributed by atoms with Crippen molar-refractivity contribution in [1.82, 2.24) is 0 Å². The van der Waals surface area contributed by atoms with E-state index in [-0.39, 0.29) is 7.16 Å². The standard InChI is InChI=1S/C6F4.6CH3.2Sn/c7-3-1-2-4(8)6(10)5(3)9;;;;;;;;/h;6*1H3;;. The van der Waals surface area contributed by atoms with E-state index in [1.165, 1.54) is 0 Å². The van der Waals surface area contributed by atoms with Crippen LogP contribution in [0.15, 0.2) is 0 Å². The summed E-state index contributed by atoms with van der Waals surface area (Å²) in [5, 5.41) is 0. The van der Waals surface area contributed by atoms with Crippen LogP contribution in [0.5, 0.6) is 0 Å². The number of hydrogen-bond acceptors (Lipinski definition) is 0. The Kier molecular flexibility index (Phi) is 4.74. The Morgan fingerprint density at radius 1 is 0.500 bits per heavy atom. The molecular weight excluding hydrogens is 458 g/mol. The van der Waals surface area contributed by atoms with E-state index in [1.807, 2.05) is 29.6 Å². The second kappa shape index (κ2) is 5.14. The van der Waals surface area contributed by atoms with Crippen molar-refractivity contribution in [3.05, 3.63) is 23.3 Å². The van der Waals surface area contributed by atoms with E-state index < -0.39 is 60.0 Å². The molecule has 0 aliphatic heterocycles. The van der Waals surface area contributed by atoms with Gasteiger partial charge in [0.05, 0.1) is 0 Å². The van der Waals surface area contributed by atoms with Gasteiger partial charge in [0.25, 0.3) is 0 Å². The Labute approximate surface area is 114 Å². The van der Waals surface area contributed by atoms with Crippen molar-refractivity contribution in [1.29, 1.82) is 0 Å². The van der Waals surface area contributed by atoms with E-state index in [0.717, 1.165) is 0 Å². The molecule has 0 N–H and O–H groups in total. The second-order valence-electron chi connectivity index (χ2n) is 6.51. The SMILES string of the molecule is [CH3][Sn]([CH3])([CH3])[c]1c(F)c(F)c(F)c(F)[c]1[Sn]([CH3])([CH3])[CH3]. The molecule has 0 heterocycles. The molecule has 0 saturated carbocycles. The molecule has 0 spiro atoms. The monoisotopic (exact) mass is 478 g/mol. The van der Waals surface area contributed by atoms with Crippen molar-refractivity contribution in [3.8, 4) is 0 Å². The maximum atomic E-state index is 14.0. The Balaban J connectivity index is 3.89. The Morgan fingerprint density at radius 3 is 0.889 bits per heavy atom. The number of benzene rings is 1. The Bertz CT molecular complexity index is 440. The normalized spacial score (nSPS) is 13.0. The predicted molar refractivity (Wildman–Crippen MR) is 72.2 cm³/mol. The van der Waals surface area contributed by atoms with Gasteiger partial charge in [-0.2, -0.15) is 0 Å². The molecule has 0 bridgehead atoms. The van der Waals surface area contributed by atoms with Gasteiger partial charge < -0.3 is 0 Å². The molecule has 1 rings (SSSR count). The summed E-state index contributed by atoms with van der Waals surface area (Å²) < 4.78 is 55.3. The molecule has 0 aliphatic carbocycles. The van der Waals surface area contributed by atoms with Crippen LogP contribution in [-0.2, 0) is 0 Å². The Morgan fingerprint density at radius 2 is 0.722 bits per heavy atom. The first-order valence-electron chi connectivity index (χ1n) is 5.76. The average molecular weight is 476 g/mol. The summed E-state index contributed by atoms with van der Waals surface area (Å²) in [5.74, 6) is -5.63. The molecule has 0 unspecified atom stereocenters. The molecule has 18 heavy (non-hydrogen) atoms. The van der Waals surface area contributed by atoms with E-state index in [1.54, 1.807) is 0 Å². The molecule has 0 nitrogen and oxygen atoms in total. The fraction of sp³-hybridized carbons (Fsp3) is 0.500. The van der Waals surface area contributed by atoms with E-state index in [4.69, 9.17) is 0 Å². The molecular formula is C12H18F4Sn2. The van der Waals surface area contributed by atoms with Crippen molar-refractivity contribution < 1.29 is 17.6 Å². The van der Waals surface area contributed by atoms with Gasteiger partial charge in [0.1, 0.15) is 0 Å². The molecule has 0 aliphatic rings. The van der Waals surface area contributed by atoms with Crippen LogP contribution in [0.2, 0.25) is 29.6 Å². The third kappa shape index (κ3) is 2.99. The topological polar surface area (TPSA) is 0 Å². The van der Waals surface area contributed by atoms with Crippen LogP contribution in [0.1, 0.15) is 0 Å². The van der Waals surface area contributed by atoms with Gasteiger partial charge in [-0.05, 0) is 0 Å². The summed E-state index contributed by atoms with van der Waals surface area (Å²) in [7, 11) is 0. The summed E-state index contributed by atoms with van der Waals surface area (Å²) in [6.07, 6.45) is 0. The van der Waals surface area contributed by atoms with E-state index in [2.05, 4.69) is 0 Å². The van der Waals surface area contributed by atoms with Crippen LogP contribution in [0, 0.1) is 23.3 Å². The maximum absolute atomic E-state index is 14.0. The zero-order valence-corrected chi connectivity index (χ0v) is 17.2. The fourth-order valence-electron chi connectivity index (χ4n) is 2.04. The molecule has 0 aromatic heterocycles. The summed E-state index contributed by atoms with van der Waals surface area (Å²) in [6.45, 7) is 0. The van der Waals surface area contributed by atoms with Gasteiger partial charge in [0, 0.05) is 0 Å². The van der Waals surface area contributed by atoms with Crippen molar-refractivity contribution in [2.45, 2.75) is 29.6 Å². The third-order valence-corrected chi connectivity index (χ3v) is 16.0. The minimum atomic E-state index is -3.07. The molecule has 0 fully saturated rings. The zero-order valence-electron chi connectivity index (χ0n) is 11.5. The van der Waals surface area contributed by atoms with Gasteiger partial charge in [-0.25, -0.2) is 0 Å². The molecule has 6 heteroatoms. The van der Waals surface area contributed by atoms with Gasteiger partial charge in [-0.15, -0.1) is 0 Å². The van der Waals surface area contributed by atoms with Crippen molar-refractivity contribution in [2.75, 3.05) is 0 Å². The predicted octanol–water partition coefficient (Wildman–Crippen LogP) is 3.33. The van der Waals surface area contributed by atoms with Gasteiger partial charge in [0.2, 0.25) is 0 Å². The average Bonchev–Trinajstić information content (AvgIpc) is 2.16. The van der Waals surface area contributed by atoms with Gasteiger partial charge >= 0.3 is 114 Å². The van der Waals surface area contributed by atoms with Gasteiger partial charge in [-0.1, -0.05) is 0 Å². The first kappa shape index (κ1) is 16.6. The van der Waals surface area contributed by atoms with Crippen LogP contribution in [0.25, 0.3) is 0 Å².